The topological polar surface area (TPSA) is 81.7 Å². The van der Waals surface area contributed by atoms with Crippen molar-refractivity contribution in [1.82, 2.24) is 34.9 Å². The molecule has 0 bridgehead atoms. The van der Waals surface area contributed by atoms with Gasteiger partial charge in [-0.2, -0.15) is 5.10 Å². The van der Waals surface area contributed by atoms with E-state index in [-0.39, 0.29) is 11.8 Å². The van der Waals surface area contributed by atoms with Crippen LogP contribution in [0.2, 0.25) is 0 Å². The van der Waals surface area contributed by atoms with Crippen molar-refractivity contribution in [3.63, 3.8) is 0 Å². The van der Waals surface area contributed by atoms with E-state index in [1.807, 2.05) is 20.5 Å². The van der Waals surface area contributed by atoms with Crippen molar-refractivity contribution in [2.24, 2.45) is 5.92 Å². The first-order valence-corrected chi connectivity index (χ1v) is 9.24. The highest BCUT2D eigenvalue weighted by Crippen LogP contribution is 2.28. The first-order valence-electron chi connectivity index (χ1n) is 9.24. The molecule has 0 saturated carbocycles. The number of aromatic nitrogens is 6. The van der Waals surface area contributed by atoms with E-state index in [1.165, 1.54) is 5.56 Å². The van der Waals surface area contributed by atoms with Crippen LogP contribution in [-0.2, 0) is 17.9 Å². The summed E-state index contributed by atoms with van der Waals surface area (Å²) in [4.78, 5) is 15.0. The lowest BCUT2D eigenvalue weighted by Crippen LogP contribution is -2.42. The Balaban J connectivity index is 1.37. The second kappa shape index (κ2) is 6.93. The second-order valence-corrected chi connectivity index (χ2v) is 7.32. The average molecular weight is 343 g/mol. The molecule has 0 spiro atoms. The third-order valence-electron chi connectivity index (χ3n) is 5.42. The Bertz CT molecular complexity index is 729. The smallest absolute Gasteiger partial charge is 0.233 e. The Hall–Kier alpha value is -2.25. The Morgan fingerprint density at radius 2 is 2.04 bits per heavy atom. The summed E-state index contributed by atoms with van der Waals surface area (Å²) in [5.74, 6) is 1.36. The van der Waals surface area contributed by atoms with Crippen molar-refractivity contribution in [2.45, 2.75) is 58.0 Å². The molecule has 1 fully saturated rings. The molecule has 4 heterocycles. The SMILES string of the molecule is Cc1cnn(CC2CCN(C(=O)[C@@H]3CCCCn4nnnc43)CC2)c1. The van der Waals surface area contributed by atoms with Crippen LogP contribution in [0.1, 0.15) is 49.4 Å². The minimum Gasteiger partial charge on any atom is -0.342 e. The van der Waals surface area contributed by atoms with Gasteiger partial charge >= 0.3 is 0 Å². The first-order chi connectivity index (χ1) is 12.2. The quantitative estimate of drug-likeness (QED) is 0.841. The fraction of sp³-hybridized carbons (Fsp3) is 0.706. The molecule has 2 aromatic heterocycles. The molecule has 0 aromatic carbocycles. The van der Waals surface area contributed by atoms with E-state index in [1.54, 1.807) is 0 Å². The normalized spacial score (nSPS) is 21.8. The number of hydrogen-bond donors (Lipinski definition) is 0. The predicted molar refractivity (Wildman–Crippen MR) is 90.7 cm³/mol. The molecular weight excluding hydrogens is 318 g/mol. The number of aryl methyl sites for hydroxylation is 2. The van der Waals surface area contributed by atoms with E-state index in [2.05, 4.69) is 33.7 Å². The number of carbonyl (C=O) groups is 1. The number of nitrogens with zero attached hydrogens (tertiary/aromatic N) is 7. The molecule has 1 amide bonds. The van der Waals surface area contributed by atoms with E-state index >= 15 is 0 Å². The number of amides is 1. The van der Waals surface area contributed by atoms with Crippen LogP contribution in [0.25, 0.3) is 0 Å². The number of hydrogen-bond acceptors (Lipinski definition) is 5. The standard InChI is InChI=1S/C17H25N7O/c1-13-10-18-23(11-13)12-14-5-8-22(9-6-14)17(25)15-4-2-3-7-24-16(15)19-20-21-24/h10-11,14-15H,2-9,12H2,1H3/t15-/m1/s1. The summed E-state index contributed by atoms with van der Waals surface area (Å²) in [6.07, 6.45) is 8.97. The monoisotopic (exact) mass is 343 g/mol. The molecule has 0 N–H and O–H groups in total. The molecule has 2 aromatic rings. The van der Waals surface area contributed by atoms with Crippen LogP contribution < -0.4 is 0 Å². The van der Waals surface area contributed by atoms with Crippen molar-refractivity contribution >= 4 is 5.91 Å². The molecule has 134 valence electrons. The van der Waals surface area contributed by atoms with E-state index in [0.29, 0.717) is 5.92 Å². The summed E-state index contributed by atoms with van der Waals surface area (Å²) < 4.78 is 3.83. The van der Waals surface area contributed by atoms with Crippen LogP contribution in [-0.4, -0.2) is 53.9 Å². The summed E-state index contributed by atoms with van der Waals surface area (Å²) in [5.41, 5.74) is 1.19. The van der Waals surface area contributed by atoms with E-state index < -0.39 is 0 Å². The highest BCUT2D eigenvalue weighted by atomic mass is 16.2. The van der Waals surface area contributed by atoms with Crippen molar-refractivity contribution in [3.8, 4) is 0 Å². The summed E-state index contributed by atoms with van der Waals surface area (Å²) >= 11 is 0. The molecule has 0 aliphatic carbocycles. The molecule has 2 aliphatic heterocycles. The van der Waals surface area contributed by atoms with Gasteiger partial charge in [0.25, 0.3) is 0 Å². The molecule has 0 radical (unpaired) electrons. The number of likely N-dealkylation sites (tertiary alicyclic amines) is 1. The fourth-order valence-corrected chi connectivity index (χ4v) is 3.98. The number of carbonyl (C=O) groups excluding carboxylic acids is 1. The molecule has 1 saturated heterocycles. The largest absolute Gasteiger partial charge is 0.342 e. The van der Waals surface area contributed by atoms with Crippen molar-refractivity contribution in [1.29, 1.82) is 0 Å². The van der Waals surface area contributed by atoms with Crippen LogP contribution in [0.5, 0.6) is 0 Å². The molecule has 2 aliphatic rings. The number of rotatable bonds is 3. The second-order valence-electron chi connectivity index (χ2n) is 7.32. The summed E-state index contributed by atoms with van der Waals surface area (Å²) in [6.45, 7) is 5.46. The highest BCUT2D eigenvalue weighted by Gasteiger charge is 2.33. The average Bonchev–Trinajstić information content (AvgIpc) is 3.19. The Labute approximate surface area is 147 Å². The summed E-state index contributed by atoms with van der Waals surface area (Å²) in [7, 11) is 0. The van der Waals surface area contributed by atoms with Crippen LogP contribution >= 0.6 is 0 Å². The maximum Gasteiger partial charge on any atom is 0.233 e. The van der Waals surface area contributed by atoms with Gasteiger partial charge in [0.15, 0.2) is 5.82 Å². The summed E-state index contributed by atoms with van der Waals surface area (Å²) in [5, 5.41) is 16.3. The van der Waals surface area contributed by atoms with E-state index in [9.17, 15) is 4.79 Å². The molecular formula is C17H25N7O. The lowest BCUT2D eigenvalue weighted by molar-refractivity contribution is -0.134. The molecule has 0 unspecified atom stereocenters. The molecule has 8 heteroatoms. The van der Waals surface area contributed by atoms with Gasteiger partial charge < -0.3 is 4.90 Å². The van der Waals surface area contributed by atoms with Gasteiger partial charge in [0.1, 0.15) is 0 Å². The Morgan fingerprint density at radius 1 is 1.20 bits per heavy atom. The number of tetrazole rings is 1. The lowest BCUT2D eigenvalue weighted by Gasteiger charge is -2.33. The van der Waals surface area contributed by atoms with Crippen molar-refractivity contribution < 1.29 is 4.79 Å². The van der Waals surface area contributed by atoms with Crippen LogP contribution in [0.4, 0.5) is 0 Å². The Morgan fingerprint density at radius 3 is 2.80 bits per heavy atom. The van der Waals surface area contributed by atoms with Gasteiger partial charge in [-0.25, -0.2) is 4.68 Å². The van der Waals surface area contributed by atoms with Gasteiger partial charge in [0.2, 0.25) is 5.91 Å². The van der Waals surface area contributed by atoms with E-state index in [0.717, 1.165) is 64.1 Å². The van der Waals surface area contributed by atoms with Gasteiger partial charge in [-0.1, -0.05) is 6.42 Å². The summed E-state index contributed by atoms with van der Waals surface area (Å²) in [6, 6.07) is 0. The number of piperidine rings is 1. The maximum atomic E-state index is 13.0. The maximum absolute atomic E-state index is 13.0. The van der Waals surface area contributed by atoms with E-state index in [4.69, 9.17) is 0 Å². The van der Waals surface area contributed by atoms with Crippen molar-refractivity contribution in [3.05, 3.63) is 23.8 Å². The predicted octanol–water partition coefficient (Wildman–Crippen LogP) is 1.38. The van der Waals surface area contributed by atoms with Crippen molar-refractivity contribution in [2.75, 3.05) is 13.1 Å². The van der Waals surface area contributed by atoms with Crippen LogP contribution in [0.3, 0.4) is 0 Å². The minimum atomic E-state index is -0.178. The molecule has 1 atom stereocenters. The fourth-order valence-electron chi connectivity index (χ4n) is 3.98. The highest BCUT2D eigenvalue weighted by molar-refractivity contribution is 5.83. The zero-order valence-electron chi connectivity index (χ0n) is 14.7. The van der Waals surface area contributed by atoms with Gasteiger partial charge in [0, 0.05) is 32.4 Å². The van der Waals surface area contributed by atoms with Gasteiger partial charge in [0.05, 0.1) is 12.1 Å². The number of fused-ring (bicyclic) bond motifs is 1. The zero-order chi connectivity index (χ0) is 17.2. The van der Waals surface area contributed by atoms with Gasteiger partial charge in [-0.3, -0.25) is 9.48 Å². The first kappa shape index (κ1) is 16.2. The third-order valence-corrected chi connectivity index (χ3v) is 5.42. The molecule has 4 rings (SSSR count). The lowest BCUT2D eigenvalue weighted by atomic mass is 9.94. The van der Waals surface area contributed by atoms with Gasteiger partial charge in [-0.05, 0) is 54.5 Å². The third kappa shape index (κ3) is 3.43. The minimum absolute atomic E-state index is 0.178. The zero-order valence-corrected chi connectivity index (χ0v) is 14.7. The molecule has 25 heavy (non-hydrogen) atoms. The molecule has 8 nitrogen and oxygen atoms in total. The van der Waals surface area contributed by atoms with Crippen LogP contribution in [0, 0.1) is 12.8 Å². The van der Waals surface area contributed by atoms with Gasteiger partial charge in [-0.15, -0.1) is 5.10 Å². The Kier molecular flexibility index (Phi) is 4.50. The van der Waals surface area contributed by atoms with Crippen LogP contribution in [0.15, 0.2) is 12.4 Å².